The molecule has 3 aliphatic rings. The van der Waals surface area contributed by atoms with Crippen LogP contribution in [0.25, 0.3) is 0 Å². The number of likely N-dealkylation sites (tertiary alicyclic amines) is 2. The zero-order chi connectivity index (χ0) is 22.9. The van der Waals surface area contributed by atoms with Crippen LogP contribution >= 0.6 is 0 Å². The van der Waals surface area contributed by atoms with Crippen LogP contribution in [0.2, 0.25) is 0 Å². The maximum absolute atomic E-state index is 12.3. The molecule has 2 fully saturated rings. The third kappa shape index (κ3) is 4.45. The lowest BCUT2D eigenvalue weighted by Gasteiger charge is -2.49. The molecule has 32 heavy (non-hydrogen) atoms. The Bertz CT molecular complexity index is 830. The van der Waals surface area contributed by atoms with Gasteiger partial charge in [-0.15, -0.1) is 0 Å². The van der Waals surface area contributed by atoms with Gasteiger partial charge < -0.3 is 24.9 Å². The van der Waals surface area contributed by atoms with Crippen LogP contribution in [0.1, 0.15) is 57.1 Å². The largest absolute Gasteiger partial charge is 0.331 e. The Kier molecular flexibility index (Phi) is 6.65. The summed E-state index contributed by atoms with van der Waals surface area (Å²) in [5.41, 5.74) is 2.98. The van der Waals surface area contributed by atoms with Crippen molar-refractivity contribution in [3.8, 4) is 0 Å². The SMILES string of the molecule is CN(C)C(=O)N[C@@H]1CCC2(CCN(C3CCN(C(=O)N(C)C)CC3)CC2)c2ccccc21.[HH]. The summed E-state index contributed by atoms with van der Waals surface area (Å²) in [5.74, 6) is 0. The number of amides is 4. The fourth-order valence-electron chi connectivity index (χ4n) is 5.96. The van der Waals surface area contributed by atoms with Crippen molar-refractivity contribution in [2.75, 3.05) is 54.4 Å². The van der Waals surface area contributed by atoms with Crippen LogP contribution < -0.4 is 5.32 Å². The van der Waals surface area contributed by atoms with E-state index in [0.717, 1.165) is 51.9 Å². The summed E-state index contributed by atoms with van der Waals surface area (Å²) in [6.07, 6.45) is 6.63. The Morgan fingerprint density at radius 1 is 0.938 bits per heavy atom. The zero-order valence-electron chi connectivity index (χ0n) is 20.1. The van der Waals surface area contributed by atoms with Crippen LogP contribution in [0.3, 0.4) is 0 Å². The normalized spacial score (nSPS) is 23.5. The average molecular weight is 444 g/mol. The number of carbonyl (C=O) groups is 2. The highest BCUT2D eigenvalue weighted by atomic mass is 16.2. The van der Waals surface area contributed by atoms with E-state index in [0.29, 0.717) is 6.04 Å². The molecule has 1 spiro atoms. The molecule has 2 heterocycles. The third-order valence-corrected chi connectivity index (χ3v) is 7.91. The van der Waals surface area contributed by atoms with E-state index in [1.165, 1.54) is 24.0 Å². The highest BCUT2D eigenvalue weighted by Crippen LogP contribution is 2.48. The molecule has 1 aliphatic carbocycles. The highest BCUT2D eigenvalue weighted by molar-refractivity contribution is 5.74. The number of rotatable bonds is 2. The van der Waals surface area contributed by atoms with E-state index in [1.54, 1.807) is 23.9 Å². The summed E-state index contributed by atoms with van der Waals surface area (Å²) in [6.45, 7) is 3.96. The molecular weight excluding hydrogens is 402 g/mol. The predicted octanol–water partition coefficient (Wildman–Crippen LogP) is 3.52. The quantitative estimate of drug-likeness (QED) is 0.761. The van der Waals surface area contributed by atoms with E-state index in [1.807, 2.05) is 19.0 Å². The van der Waals surface area contributed by atoms with Crippen molar-refractivity contribution in [1.29, 1.82) is 0 Å². The van der Waals surface area contributed by atoms with Gasteiger partial charge in [0, 0.05) is 48.7 Å². The van der Waals surface area contributed by atoms with Crippen LogP contribution in [0.4, 0.5) is 9.59 Å². The number of carbonyl (C=O) groups excluding carboxylic acids is 2. The lowest BCUT2D eigenvalue weighted by Crippen LogP contribution is -2.53. The van der Waals surface area contributed by atoms with Crippen molar-refractivity contribution < 1.29 is 11.0 Å². The Morgan fingerprint density at radius 2 is 1.59 bits per heavy atom. The van der Waals surface area contributed by atoms with E-state index < -0.39 is 0 Å². The summed E-state index contributed by atoms with van der Waals surface area (Å²) in [4.78, 5) is 32.5. The summed E-state index contributed by atoms with van der Waals surface area (Å²) >= 11 is 0. The molecule has 178 valence electrons. The van der Waals surface area contributed by atoms with Gasteiger partial charge in [-0.2, -0.15) is 0 Å². The maximum Gasteiger partial charge on any atom is 0.319 e. The number of nitrogens with zero attached hydrogens (tertiary/aromatic N) is 4. The molecular formula is C25H41N5O2. The smallest absolute Gasteiger partial charge is 0.319 e. The van der Waals surface area contributed by atoms with Gasteiger partial charge in [-0.05, 0) is 68.2 Å². The van der Waals surface area contributed by atoms with Gasteiger partial charge in [-0.3, -0.25) is 0 Å². The molecule has 1 aromatic carbocycles. The molecule has 1 aromatic rings. The van der Waals surface area contributed by atoms with Crippen LogP contribution in [0.15, 0.2) is 24.3 Å². The number of hydrogen-bond donors (Lipinski definition) is 1. The van der Waals surface area contributed by atoms with Gasteiger partial charge in [-0.1, -0.05) is 24.3 Å². The number of urea groups is 2. The van der Waals surface area contributed by atoms with Gasteiger partial charge in [0.25, 0.3) is 0 Å². The molecule has 0 saturated carbocycles. The third-order valence-electron chi connectivity index (χ3n) is 7.91. The van der Waals surface area contributed by atoms with Gasteiger partial charge in [0.15, 0.2) is 0 Å². The molecule has 0 bridgehead atoms. The van der Waals surface area contributed by atoms with E-state index >= 15 is 0 Å². The molecule has 7 nitrogen and oxygen atoms in total. The maximum atomic E-state index is 12.3. The van der Waals surface area contributed by atoms with Crippen molar-refractivity contribution in [3.05, 3.63) is 35.4 Å². The Hall–Kier alpha value is -2.28. The molecule has 2 aliphatic heterocycles. The first-order valence-corrected chi connectivity index (χ1v) is 12.1. The summed E-state index contributed by atoms with van der Waals surface area (Å²) in [7, 11) is 7.25. The fourth-order valence-corrected chi connectivity index (χ4v) is 5.96. The first kappa shape index (κ1) is 22.9. The van der Waals surface area contributed by atoms with Crippen molar-refractivity contribution in [1.82, 2.24) is 24.9 Å². The topological polar surface area (TPSA) is 59.1 Å². The minimum Gasteiger partial charge on any atom is -0.331 e. The van der Waals surface area contributed by atoms with Crippen molar-refractivity contribution in [2.45, 2.75) is 56.0 Å². The number of piperidine rings is 2. The molecule has 4 amide bonds. The Balaban J connectivity index is 0.00000306. The van der Waals surface area contributed by atoms with Gasteiger partial charge in [0.2, 0.25) is 0 Å². The molecule has 1 N–H and O–H groups in total. The molecule has 2 saturated heterocycles. The predicted molar refractivity (Wildman–Crippen MR) is 129 cm³/mol. The van der Waals surface area contributed by atoms with Gasteiger partial charge >= 0.3 is 12.1 Å². The van der Waals surface area contributed by atoms with Crippen molar-refractivity contribution >= 4 is 12.1 Å². The van der Waals surface area contributed by atoms with E-state index in [4.69, 9.17) is 0 Å². The number of nitrogens with one attached hydrogen (secondary N) is 1. The second kappa shape index (κ2) is 9.30. The minimum absolute atomic E-state index is 0. The Morgan fingerprint density at radius 3 is 2.22 bits per heavy atom. The summed E-state index contributed by atoms with van der Waals surface area (Å²) < 4.78 is 0. The highest BCUT2D eigenvalue weighted by Gasteiger charge is 2.43. The molecule has 0 radical (unpaired) electrons. The number of hydrogen-bond acceptors (Lipinski definition) is 3. The standard InChI is InChI=1S/C25H39N5O2.H2/c1-27(2)23(31)26-22-9-12-25(21-8-6-5-7-20(21)22)13-17-29(18-14-25)19-10-15-30(16-11-19)24(32)28(3)4;/h5-8,19,22H,9-18H2,1-4H3,(H,26,31);1H/t22-;/m1./s1. The molecule has 0 unspecified atom stereocenters. The minimum atomic E-state index is -0.0188. The second-order valence-corrected chi connectivity index (χ2v) is 10.2. The van der Waals surface area contributed by atoms with E-state index in [2.05, 4.69) is 34.5 Å². The van der Waals surface area contributed by atoms with Gasteiger partial charge in [0.05, 0.1) is 6.04 Å². The molecule has 0 aromatic heterocycles. The van der Waals surface area contributed by atoms with Gasteiger partial charge in [-0.25, -0.2) is 9.59 Å². The lowest BCUT2D eigenvalue weighted by atomic mass is 9.63. The van der Waals surface area contributed by atoms with Crippen LogP contribution in [0, 0.1) is 0 Å². The molecule has 4 rings (SSSR count). The number of benzene rings is 1. The fraction of sp³-hybridized carbons (Fsp3) is 0.680. The van der Waals surface area contributed by atoms with Gasteiger partial charge in [0.1, 0.15) is 0 Å². The summed E-state index contributed by atoms with van der Waals surface area (Å²) in [6, 6.07) is 9.56. The van der Waals surface area contributed by atoms with Crippen LogP contribution in [-0.2, 0) is 5.41 Å². The van der Waals surface area contributed by atoms with Crippen molar-refractivity contribution in [3.63, 3.8) is 0 Å². The van der Waals surface area contributed by atoms with Crippen LogP contribution in [0.5, 0.6) is 0 Å². The summed E-state index contributed by atoms with van der Waals surface area (Å²) in [5, 5.41) is 3.22. The molecule has 1 atom stereocenters. The van der Waals surface area contributed by atoms with Crippen molar-refractivity contribution in [2.24, 2.45) is 0 Å². The lowest BCUT2D eigenvalue weighted by molar-refractivity contribution is 0.0653. The monoisotopic (exact) mass is 443 g/mol. The van der Waals surface area contributed by atoms with E-state index in [9.17, 15) is 9.59 Å². The second-order valence-electron chi connectivity index (χ2n) is 10.2. The molecule has 7 heteroatoms. The zero-order valence-corrected chi connectivity index (χ0v) is 20.1. The van der Waals surface area contributed by atoms with Crippen LogP contribution in [-0.4, -0.2) is 92.1 Å². The first-order chi connectivity index (χ1) is 15.3. The number of fused-ring (bicyclic) bond motifs is 2. The first-order valence-electron chi connectivity index (χ1n) is 12.1. The Labute approximate surface area is 194 Å². The average Bonchev–Trinajstić information content (AvgIpc) is 2.81. The van der Waals surface area contributed by atoms with E-state index in [-0.39, 0.29) is 24.9 Å².